The third-order valence-corrected chi connectivity index (χ3v) is 9.35. The lowest BCUT2D eigenvalue weighted by Crippen LogP contribution is -2.78. The van der Waals surface area contributed by atoms with Crippen LogP contribution in [0.2, 0.25) is 0 Å². The van der Waals surface area contributed by atoms with Gasteiger partial charge < -0.3 is 30.6 Å². The number of rotatable bonds is 1. The number of aliphatic hydroxyl groups excluding tert-OH is 3. The van der Waals surface area contributed by atoms with Crippen molar-refractivity contribution in [1.82, 2.24) is 0 Å². The van der Waals surface area contributed by atoms with Crippen molar-refractivity contribution in [2.45, 2.75) is 101 Å². The maximum atomic E-state index is 11.9. The normalized spacial score (nSPS) is 58.7. The van der Waals surface area contributed by atoms with Crippen molar-refractivity contribution in [1.29, 1.82) is 0 Å². The Bertz CT molecular complexity index is 678. The van der Waals surface area contributed by atoms with Crippen molar-refractivity contribution < 1.29 is 30.6 Å². The molecule has 154 valence electrons. The maximum Gasteiger partial charge on any atom is 0.105 e. The summed E-state index contributed by atoms with van der Waals surface area (Å²) in [5, 5.41) is 66.6. The molecule has 0 saturated heterocycles. The largest absolute Gasteiger partial charge is 0.393 e. The molecule has 0 aliphatic heterocycles. The monoisotopic (exact) mass is 382 g/mol. The molecule has 6 heteroatoms. The molecule has 9 atom stereocenters. The smallest absolute Gasteiger partial charge is 0.105 e. The molecule has 0 aromatic carbocycles. The highest BCUT2D eigenvalue weighted by Gasteiger charge is 2.80. The molecule has 0 amide bonds. The summed E-state index contributed by atoms with van der Waals surface area (Å²) in [6, 6.07) is 0. The minimum atomic E-state index is -1.71. The van der Waals surface area contributed by atoms with Gasteiger partial charge >= 0.3 is 0 Å². The van der Waals surface area contributed by atoms with E-state index in [0.29, 0.717) is 19.3 Å². The van der Waals surface area contributed by atoms with E-state index in [0.717, 1.165) is 5.57 Å². The standard InChI is InChI=1S/C21H34O6/c1-12(22)19(25)8-9-21(27)18(19,3)16(24)11-15-17(2)6-5-14(23)10-13(17)4-7-20(15,21)26/h4,12,14-16,22-27H,5-11H2,1-3H3. The predicted molar refractivity (Wildman–Crippen MR) is 98.6 cm³/mol. The summed E-state index contributed by atoms with van der Waals surface area (Å²) in [5.74, 6) is -0.373. The molecule has 6 N–H and O–H groups in total. The summed E-state index contributed by atoms with van der Waals surface area (Å²) in [6.45, 7) is 5.15. The van der Waals surface area contributed by atoms with Crippen molar-refractivity contribution in [3.8, 4) is 0 Å². The lowest BCUT2D eigenvalue weighted by molar-refractivity contribution is -0.325. The Balaban J connectivity index is 1.86. The van der Waals surface area contributed by atoms with Crippen LogP contribution in [0.5, 0.6) is 0 Å². The van der Waals surface area contributed by atoms with Gasteiger partial charge in [0.2, 0.25) is 0 Å². The van der Waals surface area contributed by atoms with Gasteiger partial charge in [0.05, 0.1) is 23.7 Å². The lowest BCUT2D eigenvalue weighted by Gasteiger charge is -2.67. The van der Waals surface area contributed by atoms with Gasteiger partial charge in [-0.15, -0.1) is 0 Å². The second-order valence-corrected chi connectivity index (χ2v) is 10.1. The lowest BCUT2D eigenvalue weighted by atomic mass is 9.42. The minimum absolute atomic E-state index is 0.121. The molecule has 0 aromatic heterocycles. The van der Waals surface area contributed by atoms with E-state index in [4.69, 9.17) is 0 Å². The van der Waals surface area contributed by atoms with Crippen molar-refractivity contribution in [3.05, 3.63) is 11.6 Å². The van der Waals surface area contributed by atoms with E-state index >= 15 is 0 Å². The highest BCUT2D eigenvalue weighted by molar-refractivity contribution is 5.36. The van der Waals surface area contributed by atoms with Crippen molar-refractivity contribution in [2.24, 2.45) is 16.7 Å². The molecule has 3 saturated carbocycles. The Morgan fingerprint density at radius 1 is 1.07 bits per heavy atom. The zero-order valence-electron chi connectivity index (χ0n) is 16.5. The van der Waals surface area contributed by atoms with Gasteiger partial charge in [0.1, 0.15) is 16.8 Å². The second kappa shape index (κ2) is 5.55. The summed E-state index contributed by atoms with van der Waals surface area (Å²) >= 11 is 0. The Morgan fingerprint density at radius 3 is 2.37 bits per heavy atom. The third kappa shape index (κ3) is 2.02. The Labute approximate surface area is 160 Å². The summed E-state index contributed by atoms with van der Waals surface area (Å²) in [4.78, 5) is 0. The molecule has 27 heavy (non-hydrogen) atoms. The summed E-state index contributed by atoms with van der Waals surface area (Å²) in [6.07, 6.45) is 1.96. The van der Waals surface area contributed by atoms with Crippen LogP contribution in [0.15, 0.2) is 11.6 Å². The summed E-state index contributed by atoms with van der Waals surface area (Å²) in [5.41, 5.74) is -5.63. The zero-order chi connectivity index (χ0) is 20.0. The van der Waals surface area contributed by atoms with Crippen molar-refractivity contribution in [2.75, 3.05) is 0 Å². The molecule has 4 rings (SSSR count). The van der Waals surface area contributed by atoms with Gasteiger partial charge in [-0.2, -0.15) is 0 Å². The Hall–Kier alpha value is -0.500. The van der Waals surface area contributed by atoms with Crippen LogP contribution < -0.4 is 0 Å². The van der Waals surface area contributed by atoms with Crippen LogP contribution in [0.3, 0.4) is 0 Å². The summed E-state index contributed by atoms with van der Waals surface area (Å²) in [7, 11) is 0. The molecular formula is C21H34O6. The first-order valence-corrected chi connectivity index (χ1v) is 10.3. The molecule has 0 heterocycles. The van der Waals surface area contributed by atoms with Gasteiger partial charge in [-0.1, -0.05) is 25.5 Å². The van der Waals surface area contributed by atoms with Crippen LogP contribution in [-0.2, 0) is 0 Å². The van der Waals surface area contributed by atoms with Crippen LogP contribution >= 0.6 is 0 Å². The van der Waals surface area contributed by atoms with E-state index in [1.54, 1.807) is 6.92 Å². The van der Waals surface area contributed by atoms with Gasteiger partial charge in [-0.3, -0.25) is 0 Å². The van der Waals surface area contributed by atoms with Gasteiger partial charge in [0, 0.05) is 5.92 Å². The fraction of sp³-hybridized carbons (Fsp3) is 0.905. The second-order valence-electron chi connectivity index (χ2n) is 10.1. The number of fused-ring (bicyclic) bond motifs is 5. The van der Waals surface area contributed by atoms with E-state index < -0.39 is 39.8 Å². The molecule has 4 aliphatic rings. The highest BCUT2D eigenvalue weighted by atomic mass is 16.4. The van der Waals surface area contributed by atoms with Crippen LogP contribution in [0.1, 0.15) is 65.7 Å². The first kappa shape index (κ1) is 19.8. The Morgan fingerprint density at radius 2 is 1.74 bits per heavy atom. The highest BCUT2D eigenvalue weighted by Crippen LogP contribution is 2.70. The molecule has 0 spiro atoms. The molecule has 0 aromatic rings. The topological polar surface area (TPSA) is 121 Å². The van der Waals surface area contributed by atoms with E-state index in [2.05, 4.69) is 6.92 Å². The van der Waals surface area contributed by atoms with Gasteiger partial charge in [0.15, 0.2) is 0 Å². The molecule has 3 fully saturated rings. The number of hydrogen-bond acceptors (Lipinski definition) is 6. The average molecular weight is 382 g/mol. The maximum absolute atomic E-state index is 11.9. The van der Waals surface area contributed by atoms with Crippen LogP contribution in [-0.4, -0.2) is 65.8 Å². The van der Waals surface area contributed by atoms with Gasteiger partial charge in [-0.25, -0.2) is 0 Å². The summed E-state index contributed by atoms with van der Waals surface area (Å²) < 4.78 is 0. The minimum Gasteiger partial charge on any atom is -0.393 e. The molecule has 6 nitrogen and oxygen atoms in total. The first-order chi connectivity index (χ1) is 12.4. The van der Waals surface area contributed by atoms with Crippen LogP contribution in [0.25, 0.3) is 0 Å². The SMILES string of the molecule is CC(O)C1(O)CCC2(O)C3(O)CC=C4CC(O)CCC4(C)C3CC(O)C12C. The predicted octanol–water partition coefficient (Wildman–Crippen LogP) is 0.623. The molecular weight excluding hydrogens is 348 g/mol. The quantitative estimate of drug-likeness (QED) is 0.370. The zero-order valence-corrected chi connectivity index (χ0v) is 16.5. The van der Waals surface area contributed by atoms with E-state index in [1.165, 1.54) is 6.92 Å². The van der Waals surface area contributed by atoms with E-state index in [-0.39, 0.29) is 37.7 Å². The van der Waals surface area contributed by atoms with Crippen molar-refractivity contribution >= 4 is 0 Å². The van der Waals surface area contributed by atoms with Crippen LogP contribution in [0, 0.1) is 16.7 Å². The van der Waals surface area contributed by atoms with Crippen LogP contribution in [0.4, 0.5) is 0 Å². The number of hydrogen-bond donors (Lipinski definition) is 6. The third-order valence-electron chi connectivity index (χ3n) is 9.35. The Kier molecular flexibility index (Phi) is 4.07. The van der Waals surface area contributed by atoms with Crippen molar-refractivity contribution in [3.63, 3.8) is 0 Å². The van der Waals surface area contributed by atoms with E-state index in [9.17, 15) is 30.6 Å². The molecule has 0 bridgehead atoms. The number of aliphatic hydroxyl groups is 6. The molecule has 4 aliphatic carbocycles. The van der Waals surface area contributed by atoms with Gasteiger partial charge in [0.25, 0.3) is 0 Å². The fourth-order valence-corrected chi connectivity index (χ4v) is 7.37. The van der Waals surface area contributed by atoms with Gasteiger partial charge in [-0.05, 0) is 57.3 Å². The first-order valence-electron chi connectivity index (χ1n) is 10.3. The fourth-order valence-electron chi connectivity index (χ4n) is 7.37. The molecule has 9 unspecified atom stereocenters. The average Bonchev–Trinajstić information content (AvgIpc) is 2.83. The molecule has 0 radical (unpaired) electrons. The van der Waals surface area contributed by atoms with E-state index in [1.807, 2.05) is 6.08 Å².